The molecule has 1 unspecified atom stereocenters. The lowest BCUT2D eigenvalue weighted by molar-refractivity contribution is 0.707. The Balaban J connectivity index is 4.60. The molecule has 0 radical (unpaired) electrons. The zero-order valence-corrected chi connectivity index (χ0v) is 11.6. The highest BCUT2D eigenvalue weighted by Crippen LogP contribution is 2.17. The fourth-order valence-corrected chi connectivity index (χ4v) is 1.81. The smallest absolute Gasteiger partial charge is 0.00580 e. The molecule has 92 valence electrons. The van der Waals surface area contributed by atoms with Crippen LogP contribution in [0.5, 0.6) is 0 Å². The molecule has 0 aliphatic heterocycles. The van der Waals surface area contributed by atoms with Crippen LogP contribution in [0.25, 0.3) is 0 Å². The average Bonchev–Trinajstić information content (AvgIpc) is 2.27. The van der Waals surface area contributed by atoms with Gasteiger partial charge in [0.05, 0.1) is 0 Å². The molecule has 1 atom stereocenters. The van der Waals surface area contributed by atoms with Gasteiger partial charge < -0.3 is 0 Å². The molecule has 0 N–H and O–H groups in total. The van der Waals surface area contributed by atoms with Gasteiger partial charge in [-0.05, 0) is 39.7 Å². The van der Waals surface area contributed by atoms with E-state index in [-0.39, 0.29) is 0 Å². The van der Waals surface area contributed by atoms with Crippen molar-refractivity contribution in [3.8, 4) is 0 Å². The molecule has 0 heterocycles. The number of hydrogen-bond donors (Lipinski definition) is 0. The van der Waals surface area contributed by atoms with E-state index < -0.39 is 0 Å². The topological polar surface area (TPSA) is 0 Å². The number of rotatable bonds is 6. The van der Waals surface area contributed by atoms with Gasteiger partial charge in [-0.2, -0.15) is 0 Å². The molecule has 0 aromatic heterocycles. The first-order valence-electron chi connectivity index (χ1n) is 6.08. The molecule has 0 fully saturated rings. The number of allylic oxidation sites excluding steroid dienone is 6. The SMILES string of the molecule is C=C=C=C(C=C)CC(C)=CC(C)CC(C)=CC. The molecule has 0 aliphatic carbocycles. The molecule has 0 saturated carbocycles. The van der Waals surface area contributed by atoms with Gasteiger partial charge in [-0.1, -0.05) is 54.3 Å². The third-order valence-corrected chi connectivity index (χ3v) is 2.67. The van der Waals surface area contributed by atoms with Crippen LogP contribution in [0.2, 0.25) is 0 Å². The highest BCUT2D eigenvalue weighted by atomic mass is 14.1. The van der Waals surface area contributed by atoms with Gasteiger partial charge >= 0.3 is 0 Å². The van der Waals surface area contributed by atoms with Crippen molar-refractivity contribution in [3.05, 3.63) is 59.6 Å². The van der Waals surface area contributed by atoms with Crippen LogP contribution >= 0.6 is 0 Å². The summed E-state index contributed by atoms with van der Waals surface area (Å²) in [6, 6.07) is 0. The molecule has 0 nitrogen and oxygen atoms in total. The third-order valence-electron chi connectivity index (χ3n) is 2.67. The van der Waals surface area contributed by atoms with Gasteiger partial charge in [-0.3, -0.25) is 0 Å². The van der Waals surface area contributed by atoms with E-state index in [0.29, 0.717) is 5.92 Å². The van der Waals surface area contributed by atoms with Crippen molar-refractivity contribution < 1.29 is 0 Å². The van der Waals surface area contributed by atoms with Crippen molar-refractivity contribution in [1.82, 2.24) is 0 Å². The molecule has 0 aromatic carbocycles. The van der Waals surface area contributed by atoms with Crippen molar-refractivity contribution in [2.24, 2.45) is 5.92 Å². The van der Waals surface area contributed by atoms with E-state index in [1.165, 1.54) is 11.1 Å². The lowest BCUT2D eigenvalue weighted by Crippen LogP contribution is -1.93. The van der Waals surface area contributed by atoms with E-state index >= 15 is 0 Å². The van der Waals surface area contributed by atoms with E-state index in [4.69, 9.17) is 0 Å². The van der Waals surface area contributed by atoms with Gasteiger partial charge in [0, 0.05) is 12.0 Å². The van der Waals surface area contributed by atoms with Crippen LogP contribution in [0, 0.1) is 5.92 Å². The summed E-state index contributed by atoms with van der Waals surface area (Å²) in [5.74, 6) is 0.574. The lowest BCUT2D eigenvalue weighted by Gasteiger charge is -2.09. The van der Waals surface area contributed by atoms with E-state index in [0.717, 1.165) is 18.4 Å². The van der Waals surface area contributed by atoms with Gasteiger partial charge in [0.2, 0.25) is 0 Å². The molecule has 0 rings (SSSR count). The van der Waals surface area contributed by atoms with Crippen LogP contribution in [0.4, 0.5) is 0 Å². The highest BCUT2D eigenvalue weighted by Gasteiger charge is 2.01. The van der Waals surface area contributed by atoms with E-state index in [1.54, 1.807) is 0 Å². The molecule has 0 saturated heterocycles. The van der Waals surface area contributed by atoms with Gasteiger partial charge in [0.15, 0.2) is 0 Å². The van der Waals surface area contributed by atoms with Crippen LogP contribution in [-0.4, -0.2) is 0 Å². The standard InChI is InChI=1S/C17H24/c1-7-10-17(9-3)13-16(6)12-15(5)11-14(4)8-2/h8-9,12,15H,1,3,11,13H2,2,4-6H3. The predicted molar refractivity (Wildman–Crippen MR) is 77.9 cm³/mol. The summed E-state index contributed by atoms with van der Waals surface area (Å²) in [4.78, 5) is 0. The van der Waals surface area contributed by atoms with E-state index in [1.807, 2.05) is 6.08 Å². The Morgan fingerprint density at radius 3 is 2.41 bits per heavy atom. The normalized spacial score (nSPS) is 13.6. The minimum atomic E-state index is 0.574. The summed E-state index contributed by atoms with van der Waals surface area (Å²) < 4.78 is 0. The molecule has 17 heavy (non-hydrogen) atoms. The van der Waals surface area contributed by atoms with Crippen LogP contribution in [0.15, 0.2) is 59.6 Å². The van der Waals surface area contributed by atoms with Crippen LogP contribution in [0.1, 0.15) is 40.5 Å². The third kappa shape index (κ3) is 7.41. The van der Waals surface area contributed by atoms with Crippen molar-refractivity contribution in [2.75, 3.05) is 0 Å². The van der Waals surface area contributed by atoms with Crippen LogP contribution in [-0.2, 0) is 0 Å². The molecule has 0 aliphatic rings. The highest BCUT2D eigenvalue weighted by molar-refractivity contribution is 5.22. The fourth-order valence-electron chi connectivity index (χ4n) is 1.81. The fraction of sp³-hybridized carbons (Fsp3) is 0.412. The maximum Gasteiger partial charge on any atom is 0.00580 e. The van der Waals surface area contributed by atoms with Crippen LogP contribution in [0.3, 0.4) is 0 Å². The second-order valence-corrected chi connectivity index (χ2v) is 4.54. The zero-order valence-electron chi connectivity index (χ0n) is 11.6. The van der Waals surface area contributed by atoms with Crippen molar-refractivity contribution in [2.45, 2.75) is 40.5 Å². The second-order valence-electron chi connectivity index (χ2n) is 4.54. The first kappa shape index (κ1) is 15.5. The largest absolute Gasteiger partial charge is 0.0981 e. The predicted octanol–water partition coefficient (Wildman–Crippen LogP) is 5.37. The monoisotopic (exact) mass is 228 g/mol. The Hall–Kier alpha value is -1.48. The second kappa shape index (κ2) is 8.65. The van der Waals surface area contributed by atoms with Gasteiger partial charge in [-0.25, -0.2) is 0 Å². The Labute approximate surface area is 106 Å². The summed E-state index contributed by atoms with van der Waals surface area (Å²) in [7, 11) is 0. The Kier molecular flexibility index (Phi) is 7.89. The van der Waals surface area contributed by atoms with E-state index in [2.05, 4.69) is 64.5 Å². The zero-order chi connectivity index (χ0) is 13.3. The Morgan fingerprint density at radius 1 is 1.29 bits per heavy atom. The molecule has 0 heteroatoms. The molecular weight excluding hydrogens is 204 g/mol. The molecular formula is C17H24. The Bertz CT molecular complexity index is 392. The number of hydrogen-bond acceptors (Lipinski definition) is 0. The van der Waals surface area contributed by atoms with Crippen LogP contribution < -0.4 is 0 Å². The Morgan fingerprint density at radius 2 is 1.94 bits per heavy atom. The van der Waals surface area contributed by atoms with Crippen molar-refractivity contribution >= 4 is 0 Å². The summed E-state index contributed by atoms with van der Waals surface area (Å²) in [5.41, 5.74) is 9.48. The minimum absolute atomic E-state index is 0.574. The summed E-state index contributed by atoms with van der Waals surface area (Å²) in [6.07, 6.45) is 8.32. The minimum Gasteiger partial charge on any atom is -0.0981 e. The first-order valence-corrected chi connectivity index (χ1v) is 6.08. The van der Waals surface area contributed by atoms with Gasteiger partial charge in [-0.15, -0.1) is 0 Å². The van der Waals surface area contributed by atoms with Gasteiger partial charge in [0.25, 0.3) is 0 Å². The molecule has 0 spiro atoms. The summed E-state index contributed by atoms with van der Waals surface area (Å²) >= 11 is 0. The van der Waals surface area contributed by atoms with Gasteiger partial charge in [0.1, 0.15) is 0 Å². The van der Waals surface area contributed by atoms with Crippen molar-refractivity contribution in [1.29, 1.82) is 0 Å². The summed E-state index contributed by atoms with van der Waals surface area (Å²) in [6.45, 7) is 16.0. The van der Waals surface area contributed by atoms with Crippen molar-refractivity contribution in [3.63, 3.8) is 0 Å². The quantitative estimate of drug-likeness (QED) is 0.326. The molecule has 0 amide bonds. The molecule has 0 aromatic rings. The average molecular weight is 228 g/mol. The lowest BCUT2D eigenvalue weighted by atomic mass is 9.97. The van der Waals surface area contributed by atoms with E-state index in [9.17, 15) is 0 Å². The summed E-state index contributed by atoms with van der Waals surface area (Å²) in [5, 5.41) is 0. The maximum atomic E-state index is 3.77. The molecule has 0 bridgehead atoms. The maximum absolute atomic E-state index is 3.77. The first-order chi connectivity index (χ1) is 8.03.